The molecule has 2 aromatic rings. The average Bonchev–Trinajstić information content (AvgIpc) is 3.01. The highest BCUT2D eigenvalue weighted by Crippen LogP contribution is 2.37. The van der Waals surface area contributed by atoms with E-state index in [-0.39, 0.29) is 12.5 Å². The van der Waals surface area contributed by atoms with E-state index in [1.165, 1.54) is 16.7 Å². The van der Waals surface area contributed by atoms with Gasteiger partial charge in [0, 0.05) is 0 Å². The van der Waals surface area contributed by atoms with Gasteiger partial charge in [-0.3, -0.25) is 9.69 Å². The first-order chi connectivity index (χ1) is 14.6. The topological polar surface area (TPSA) is 71.8 Å². The number of benzene rings is 2. The first-order valence-electron chi connectivity index (χ1n) is 9.34. The zero-order chi connectivity index (χ0) is 21.5. The molecule has 2 aromatic carbocycles. The Morgan fingerprint density at radius 2 is 1.80 bits per heavy atom. The van der Waals surface area contributed by atoms with E-state index in [0.717, 1.165) is 11.3 Å². The third-order valence-electron chi connectivity index (χ3n) is 4.06. The van der Waals surface area contributed by atoms with Crippen LogP contribution in [0.1, 0.15) is 19.4 Å². The van der Waals surface area contributed by atoms with E-state index >= 15 is 0 Å². The van der Waals surface area contributed by atoms with Gasteiger partial charge in [0.15, 0.2) is 22.4 Å². The maximum atomic E-state index is 13.0. The van der Waals surface area contributed by atoms with E-state index in [9.17, 15) is 4.79 Å². The number of nitriles is 1. The Bertz CT molecular complexity index is 1010. The van der Waals surface area contributed by atoms with Crippen molar-refractivity contribution < 1.29 is 19.0 Å². The van der Waals surface area contributed by atoms with E-state index in [1.54, 1.807) is 24.3 Å². The second-order valence-corrected chi connectivity index (χ2v) is 7.71. The second-order valence-electron chi connectivity index (χ2n) is 6.03. The van der Waals surface area contributed by atoms with Crippen LogP contribution < -0.4 is 19.1 Å². The van der Waals surface area contributed by atoms with Crippen molar-refractivity contribution in [3.05, 3.63) is 52.9 Å². The number of ether oxygens (including phenoxy) is 3. The van der Waals surface area contributed by atoms with Gasteiger partial charge in [-0.25, -0.2) is 0 Å². The summed E-state index contributed by atoms with van der Waals surface area (Å²) < 4.78 is 16.9. The number of hydrogen-bond acceptors (Lipinski definition) is 7. The van der Waals surface area contributed by atoms with Gasteiger partial charge < -0.3 is 14.2 Å². The van der Waals surface area contributed by atoms with Crippen molar-refractivity contribution >= 4 is 46.0 Å². The van der Waals surface area contributed by atoms with Gasteiger partial charge in [-0.15, -0.1) is 0 Å². The lowest BCUT2D eigenvalue weighted by Gasteiger charge is -2.15. The molecule has 1 heterocycles. The molecule has 30 heavy (non-hydrogen) atoms. The van der Waals surface area contributed by atoms with Crippen LogP contribution in [0.15, 0.2) is 47.4 Å². The summed E-state index contributed by atoms with van der Waals surface area (Å²) in [4.78, 5) is 15.0. The zero-order valence-electron chi connectivity index (χ0n) is 16.6. The largest absolute Gasteiger partial charge is 0.494 e. The molecule has 0 spiro atoms. The lowest BCUT2D eigenvalue weighted by Crippen LogP contribution is -2.27. The van der Waals surface area contributed by atoms with E-state index in [1.807, 2.05) is 44.2 Å². The van der Waals surface area contributed by atoms with Gasteiger partial charge in [-0.05, 0) is 61.9 Å². The van der Waals surface area contributed by atoms with Crippen LogP contribution in [0.3, 0.4) is 0 Å². The summed E-state index contributed by atoms with van der Waals surface area (Å²) in [6.45, 7) is 4.74. The Morgan fingerprint density at radius 1 is 1.07 bits per heavy atom. The first kappa shape index (κ1) is 21.7. The molecule has 1 amide bonds. The van der Waals surface area contributed by atoms with E-state index < -0.39 is 0 Å². The van der Waals surface area contributed by atoms with Crippen molar-refractivity contribution in [1.29, 1.82) is 5.26 Å². The minimum absolute atomic E-state index is 0.0693. The van der Waals surface area contributed by atoms with E-state index in [0.29, 0.717) is 39.6 Å². The second kappa shape index (κ2) is 10.1. The maximum Gasteiger partial charge on any atom is 0.270 e. The molecule has 1 fully saturated rings. The first-order valence-corrected chi connectivity index (χ1v) is 10.6. The fraction of sp³-hybridized carbons (Fsp3) is 0.227. The monoisotopic (exact) mass is 440 g/mol. The number of hydrogen-bond donors (Lipinski definition) is 0. The van der Waals surface area contributed by atoms with Crippen molar-refractivity contribution in [1.82, 2.24) is 0 Å². The van der Waals surface area contributed by atoms with Crippen LogP contribution in [-0.4, -0.2) is 30.0 Å². The molecule has 0 aromatic heterocycles. The Morgan fingerprint density at radius 3 is 2.47 bits per heavy atom. The molecule has 6 nitrogen and oxygen atoms in total. The van der Waals surface area contributed by atoms with Crippen LogP contribution in [0.5, 0.6) is 17.2 Å². The van der Waals surface area contributed by atoms with Crippen LogP contribution >= 0.6 is 24.0 Å². The highest BCUT2D eigenvalue weighted by molar-refractivity contribution is 8.27. The number of anilines is 1. The van der Waals surface area contributed by atoms with Gasteiger partial charge in [0.05, 0.1) is 23.8 Å². The van der Waals surface area contributed by atoms with Gasteiger partial charge in [-0.2, -0.15) is 5.26 Å². The van der Waals surface area contributed by atoms with Crippen LogP contribution in [-0.2, 0) is 4.79 Å². The van der Waals surface area contributed by atoms with Crippen LogP contribution in [0.4, 0.5) is 5.69 Å². The van der Waals surface area contributed by atoms with Crippen LogP contribution in [0.25, 0.3) is 6.08 Å². The molecular weight excluding hydrogens is 420 g/mol. The van der Waals surface area contributed by atoms with Gasteiger partial charge in [0.25, 0.3) is 5.91 Å². The number of carbonyl (C=O) groups excluding carboxylic acids is 1. The lowest BCUT2D eigenvalue weighted by atomic mass is 10.1. The molecule has 0 saturated carbocycles. The van der Waals surface area contributed by atoms with E-state index in [4.69, 9.17) is 31.7 Å². The third-order valence-corrected chi connectivity index (χ3v) is 5.36. The standard InChI is InChI=1S/C22H20N2O4S2/c1-3-26-17-8-6-16(7-9-17)24-21(25)20(30-22(24)29)14-15-5-10-18(28-12-11-23)19(13-15)27-4-2/h5-10,13-14H,3-4,12H2,1-2H3/b20-14-. The molecule has 154 valence electrons. The fourth-order valence-corrected chi connectivity index (χ4v) is 4.11. The van der Waals surface area contributed by atoms with Gasteiger partial charge >= 0.3 is 0 Å². The average molecular weight is 441 g/mol. The number of thioether (sulfide) groups is 1. The molecule has 0 radical (unpaired) electrons. The number of carbonyl (C=O) groups is 1. The van der Waals surface area contributed by atoms with Crippen LogP contribution in [0.2, 0.25) is 0 Å². The summed E-state index contributed by atoms with van der Waals surface area (Å²) in [5.41, 5.74) is 1.47. The summed E-state index contributed by atoms with van der Waals surface area (Å²) >= 11 is 6.68. The molecule has 8 heteroatoms. The minimum atomic E-state index is -0.183. The predicted molar refractivity (Wildman–Crippen MR) is 122 cm³/mol. The number of rotatable bonds is 8. The quantitative estimate of drug-likeness (QED) is 0.432. The van der Waals surface area contributed by atoms with E-state index in [2.05, 4.69) is 0 Å². The molecule has 0 unspecified atom stereocenters. The van der Waals surface area contributed by atoms with Crippen molar-refractivity contribution in [2.75, 3.05) is 24.7 Å². The molecule has 1 saturated heterocycles. The lowest BCUT2D eigenvalue weighted by molar-refractivity contribution is -0.113. The maximum absolute atomic E-state index is 13.0. The summed E-state index contributed by atoms with van der Waals surface area (Å²) in [6, 6.07) is 14.5. The van der Waals surface area contributed by atoms with Crippen LogP contribution in [0, 0.1) is 11.3 Å². The molecule has 0 bridgehead atoms. The Balaban J connectivity index is 1.84. The molecule has 0 aliphatic carbocycles. The summed E-state index contributed by atoms with van der Waals surface area (Å²) in [5.74, 6) is 1.56. The summed E-state index contributed by atoms with van der Waals surface area (Å²) in [7, 11) is 0. The van der Waals surface area contributed by atoms with Gasteiger partial charge in [0.2, 0.25) is 0 Å². The molecule has 3 rings (SSSR count). The molecule has 0 N–H and O–H groups in total. The number of amides is 1. The SMILES string of the molecule is CCOc1ccc(N2C(=O)/C(=C/c3ccc(OCC#N)c(OCC)c3)SC2=S)cc1. The van der Waals surface area contributed by atoms with Crippen molar-refractivity contribution in [3.63, 3.8) is 0 Å². The normalized spacial score (nSPS) is 14.7. The highest BCUT2D eigenvalue weighted by atomic mass is 32.2. The highest BCUT2D eigenvalue weighted by Gasteiger charge is 2.33. The third kappa shape index (κ3) is 4.93. The number of nitrogens with zero attached hydrogens (tertiary/aromatic N) is 2. The zero-order valence-corrected chi connectivity index (χ0v) is 18.2. The number of thiocarbonyl (C=S) groups is 1. The molecule has 1 aliphatic rings. The Labute approximate surface area is 185 Å². The predicted octanol–water partition coefficient (Wildman–Crippen LogP) is 4.79. The summed E-state index contributed by atoms with van der Waals surface area (Å²) in [6.07, 6.45) is 1.77. The van der Waals surface area contributed by atoms with Gasteiger partial charge in [-0.1, -0.05) is 30.0 Å². The molecular formula is C22H20N2O4S2. The van der Waals surface area contributed by atoms with Crippen molar-refractivity contribution in [2.45, 2.75) is 13.8 Å². The molecule has 0 atom stereocenters. The Hall–Kier alpha value is -3.02. The van der Waals surface area contributed by atoms with Gasteiger partial charge in [0.1, 0.15) is 11.8 Å². The van der Waals surface area contributed by atoms with Crippen molar-refractivity contribution in [3.8, 4) is 23.3 Å². The van der Waals surface area contributed by atoms with Crippen molar-refractivity contribution in [2.24, 2.45) is 0 Å². The minimum Gasteiger partial charge on any atom is -0.494 e. The fourth-order valence-electron chi connectivity index (χ4n) is 2.81. The smallest absolute Gasteiger partial charge is 0.270 e. The molecule has 1 aliphatic heterocycles. The summed E-state index contributed by atoms with van der Waals surface area (Å²) in [5, 5.41) is 8.72. The Kier molecular flexibility index (Phi) is 7.33.